The molecule has 0 amide bonds. The van der Waals surface area contributed by atoms with E-state index in [1.165, 1.54) is 0 Å². The first-order valence-corrected chi connectivity index (χ1v) is 7.38. The van der Waals surface area contributed by atoms with Gasteiger partial charge in [-0.25, -0.2) is 0 Å². The first-order chi connectivity index (χ1) is 10.2. The van der Waals surface area contributed by atoms with Gasteiger partial charge in [-0.2, -0.15) is 4.98 Å². The molecule has 1 saturated heterocycles. The number of ether oxygens (including phenoxy) is 1. The Bertz CT molecular complexity index is 629. The van der Waals surface area contributed by atoms with E-state index in [-0.39, 0.29) is 0 Å². The van der Waals surface area contributed by atoms with Crippen molar-refractivity contribution in [3.63, 3.8) is 0 Å². The Kier molecular flexibility index (Phi) is 4.12. The molecule has 2 heterocycles. The van der Waals surface area contributed by atoms with Crippen LogP contribution in [-0.4, -0.2) is 35.2 Å². The largest absolute Gasteiger partial charge is 0.496 e. The van der Waals surface area contributed by atoms with Gasteiger partial charge >= 0.3 is 0 Å². The summed E-state index contributed by atoms with van der Waals surface area (Å²) in [6.07, 6.45) is 1.04. The van der Waals surface area contributed by atoms with E-state index in [9.17, 15) is 0 Å². The van der Waals surface area contributed by atoms with Gasteiger partial charge in [0, 0.05) is 23.7 Å². The zero-order chi connectivity index (χ0) is 14.8. The second-order valence-corrected chi connectivity index (χ2v) is 5.79. The first-order valence-electron chi connectivity index (χ1n) is 7.00. The van der Waals surface area contributed by atoms with Gasteiger partial charge in [-0.1, -0.05) is 22.8 Å². The van der Waals surface area contributed by atoms with Crippen molar-refractivity contribution in [2.24, 2.45) is 0 Å². The second-order valence-electron chi connectivity index (χ2n) is 5.36. The standard InChI is InChI=1S/C15H18ClN3O2/c1-10-17-15(21-18-10)12-5-6-19(9-12)8-11-3-4-13(16)7-14(11)20-2/h3-4,7,12H,5-6,8-9H2,1-2H3/t12-/m1/s1. The number of benzene rings is 1. The topological polar surface area (TPSA) is 51.4 Å². The zero-order valence-electron chi connectivity index (χ0n) is 12.2. The summed E-state index contributed by atoms with van der Waals surface area (Å²) in [6, 6.07) is 5.77. The third kappa shape index (κ3) is 3.19. The van der Waals surface area contributed by atoms with Crippen LogP contribution in [-0.2, 0) is 6.54 Å². The second kappa shape index (κ2) is 6.03. The lowest BCUT2D eigenvalue weighted by Crippen LogP contribution is -2.20. The van der Waals surface area contributed by atoms with E-state index in [0.717, 1.165) is 43.3 Å². The molecule has 0 radical (unpaired) electrons. The Balaban J connectivity index is 1.67. The minimum absolute atomic E-state index is 0.324. The van der Waals surface area contributed by atoms with E-state index in [0.29, 0.717) is 16.8 Å². The van der Waals surface area contributed by atoms with Crippen LogP contribution in [0, 0.1) is 6.92 Å². The number of aromatic nitrogens is 2. The third-order valence-corrected chi connectivity index (χ3v) is 4.04. The molecule has 1 fully saturated rings. The summed E-state index contributed by atoms with van der Waals surface area (Å²) in [6.45, 7) is 4.62. The van der Waals surface area contributed by atoms with Gasteiger partial charge in [0.25, 0.3) is 0 Å². The number of halogens is 1. The number of hydrogen-bond donors (Lipinski definition) is 0. The quantitative estimate of drug-likeness (QED) is 0.869. The van der Waals surface area contributed by atoms with Crippen molar-refractivity contribution >= 4 is 11.6 Å². The number of likely N-dealkylation sites (tertiary alicyclic amines) is 1. The van der Waals surface area contributed by atoms with Gasteiger partial charge in [-0.15, -0.1) is 0 Å². The molecule has 1 aromatic heterocycles. The van der Waals surface area contributed by atoms with Crippen LogP contribution in [0.15, 0.2) is 22.7 Å². The number of rotatable bonds is 4. The summed E-state index contributed by atoms with van der Waals surface area (Å²) in [7, 11) is 1.67. The highest BCUT2D eigenvalue weighted by molar-refractivity contribution is 6.30. The molecule has 2 aromatic rings. The minimum atomic E-state index is 0.324. The highest BCUT2D eigenvalue weighted by Gasteiger charge is 2.28. The van der Waals surface area contributed by atoms with Crippen molar-refractivity contribution in [3.05, 3.63) is 40.5 Å². The lowest BCUT2D eigenvalue weighted by Gasteiger charge is -2.17. The molecule has 0 spiro atoms. The summed E-state index contributed by atoms with van der Waals surface area (Å²) in [5, 5.41) is 4.56. The molecule has 0 aliphatic carbocycles. The zero-order valence-corrected chi connectivity index (χ0v) is 12.9. The maximum Gasteiger partial charge on any atom is 0.231 e. The highest BCUT2D eigenvalue weighted by atomic mass is 35.5. The van der Waals surface area contributed by atoms with E-state index in [1.807, 2.05) is 25.1 Å². The Hall–Kier alpha value is -1.59. The fourth-order valence-corrected chi connectivity index (χ4v) is 2.91. The van der Waals surface area contributed by atoms with Gasteiger partial charge in [0.05, 0.1) is 13.0 Å². The predicted molar refractivity (Wildman–Crippen MR) is 79.7 cm³/mol. The van der Waals surface area contributed by atoms with Crippen molar-refractivity contribution < 1.29 is 9.26 Å². The van der Waals surface area contributed by atoms with Gasteiger partial charge < -0.3 is 9.26 Å². The van der Waals surface area contributed by atoms with Gasteiger partial charge in [0.2, 0.25) is 5.89 Å². The van der Waals surface area contributed by atoms with Gasteiger partial charge in [0.1, 0.15) is 5.75 Å². The molecule has 5 nitrogen and oxygen atoms in total. The monoisotopic (exact) mass is 307 g/mol. The van der Waals surface area contributed by atoms with Crippen LogP contribution in [0.3, 0.4) is 0 Å². The van der Waals surface area contributed by atoms with E-state index in [1.54, 1.807) is 7.11 Å². The highest BCUT2D eigenvalue weighted by Crippen LogP contribution is 2.30. The predicted octanol–water partition coefficient (Wildman–Crippen LogP) is 3.03. The van der Waals surface area contributed by atoms with Crippen LogP contribution in [0.2, 0.25) is 5.02 Å². The van der Waals surface area contributed by atoms with Gasteiger partial charge in [0.15, 0.2) is 5.82 Å². The van der Waals surface area contributed by atoms with Crippen molar-refractivity contribution in [3.8, 4) is 5.75 Å². The minimum Gasteiger partial charge on any atom is -0.496 e. The molecule has 3 rings (SSSR count). The number of hydrogen-bond acceptors (Lipinski definition) is 5. The van der Waals surface area contributed by atoms with Gasteiger partial charge in [-0.05, 0) is 32.0 Å². The lowest BCUT2D eigenvalue weighted by molar-refractivity contribution is 0.302. The maximum atomic E-state index is 6.00. The van der Waals surface area contributed by atoms with Crippen LogP contribution in [0.1, 0.15) is 29.6 Å². The fraction of sp³-hybridized carbons (Fsp3) is 0.467. The average Bonchev–Trinajstić information content (AvgIpc) is 3.09. The van der Waals surface area contributed by atoms with Crippen LogP contribution in [0.4, 0.5) is 0 Å². The summed E-state index contributed by atoms with van der Waals surface area (Å²) in [5.74, 6) is 2.60. The number of aryl methyl sites for hydroxylation is 1. The van der Waals surface area contributed by atoms with E-state index in [2.05, 4.69) is 15.0 Å². The molecule has 6 heteroatoms. The van der Waals surface area contributed by atoms with Crippen molar-refractivity contribution in [2.45, 2.75) is 25.8 Å². The number of methoxy groups -OCH3 is 1. The van der Waals surface area contributed by atoms with Crippen LogP contribution >= 0.6 is 11.6 Å². The molecule has 1 aliphatic rings. The Morgan fingerprint density at radius 1 is 1.48 bits per heavy atom. The summed E-state index contributed by atoms with van der Waals surface area (Å²) < 4.78 is 10.7. The average molecular weight is 308 g/mol. The lowest BCUT2D eigenvalue weighted by atomic mass is 10.1. The SMILES string of the molecule is COc1cc(Cl)ccc1CN1CC[C@@H](c2nc(C)no2)C1. The number of nitrogens with zero attached hydrogens (tertiary/aromatic N) is 3. The van der Waals surface area contributed by atoms with Crippen LogP contribution in [0.5, 0.6) is 5.75 Å². The molecule has 1 aliphatic heterocycles. The molecule has 0 N–H and O–H groups in total. The van der Waals surface area contributed by atoms with Gasteiger partial charge in [-0.3, -0.25) is 4.90 Å². The van der Waals surface area contributed by atoms with Crippen molar-refractivity contribution in [1.82, 2.24) is 15.0 Å². The fourth-order valence-electron chi connectivity index (χ4n) is 2.75. The summed E-state index contributed by atoms with van der Waals surface area (Å²) >= 11 is 6.00. The Morgan fingerprint density at radius 3 is 3.05 bits per heavy atom. The molecule has 0 bridgehead atoms. The summed E-state index contributed by atoms with van der Waals surface area (Å²) in [5.41, 5.74) is 1.14. The molecule has 1 aromatic carbocycles. The Labute approximate surface area is 128 Å². The van der Waals surface area contributed by atoms with Crippen LogP contribution < -0.4 is 4.74 Å². The van der Waals surface area contributed by atoms with E-state index >= 15 is 0 Å². The smallest absolute Gasteiger partial charge is 0.231 e. The maximum absolute atomic E-state index is 6.00. The molecule has 0 saturated carbocycles. The summed E-state index contributed by atoms with van der Waals surface area (Å²) in [4.78, 5) is 6.70. The van der Waals surface area contributed by atoms with Crippen LogP contribution in [0.25, 0.3) is 0 Å². The molecule has 21 heavy (non-hydrogen) atoms. The van der Waals surface area contributed by atoms with Crippen molar-refractivity contribution in [1.29, 1.82) is 0 Å². The third-order valence-electron chi connectivity index (χ3n) is 3.81. The molecule has 0 unspecified atom stereocenters. The molecule has 112 valence electrons. The molecular weight excluding hydrogens is 290 g/mol. The molecular formula is C15H18ClN3O2. The normalized spacial score (nSPS) is 19.1. The van der Waals surface area contributed by atoms with Crippen molar-refractivity contribution in [2.75, 3.05) is 20.2 Å². The van der Waals surface area contributed by atoms with E-state index in [4.69, 9.17) is 20.9 Å². The Morgan fingerprint density at radius 2 is 2.33 bits per heavy atom. The molecule has 1 atom stereocenters. The van der Waals surface area contributed by atoms with E-state index < -0.39 is 0 Å². The first kappa shape index (κ1) is 14.4.